The summed E-state index contributed by atoms with van der Waals surface area (Å²) in [5.74, 6) is -2.51. The summed E-state index contributed by atoms with van der Waals surface area (Å²) in [5, 5.41) is 13.3. The zero-order valence-corrected chi connectivity index (χ0v) is 17.2. The molecule has 0 saturated carbocycles. The molecule has 1 aliphatic rings. The van der Waals surface area contributed by atoms with Crippen LogP contribution in [-0.4, -0.2) is 16.8 Å². The number of ketones is 1. The van der Waals surface area contributed by atoms with Gasteiger partial charge >= 0.3 is 0 Å². The number of aliphatic hydroxyl groups is 1. The van der Waals surface area contributed by atoms with E-state index in [-0.39, 0.29) is 17.0 Å². The molecule has 154 valence electrons. The molecule has 0 saturated heterocycles. The molecular formula is C24H16FNO4S. The summed E-state index contributed by atoms with van der Waals surface area (Å²) in [5.41, 5.74) is 1.55. The quantitative estimate of drug-likeness (QED) is 0.418. The first kappa shape index (κ1) is 19.3. The van der Waals surface area contributed by atoms with Crippen molar-refractivity contribution in [3.8, 4) is 0 Å². The number of carbonyl (C=O) groups excluding carboxylic acids is 2. The first-order valence-corrected chi connectivity index (χ1v) is 10.4. The molecule has 4 aromatic rings. The Labute approximate surface area is 180 Å². The minimum Gasteiger partial charge on any atom is -0.503 e. The van der Waals surface area contributed by atoms with Crippen LogP contribution in [0.3, 0.4) is 0 Å². The molecule has 1 N–H and O–H groups in total. The topological polar surface area (TPSA) is 70.7 Å². The Kier molecular flexibility index (Phi) is 4.48. The molecule has 7 heteroatoms. The van der Waals surface area contributed by atoms with Gasteiger partial charge in [0.05, 0.1) is 5.57 Å². The van der Waals surface area contributed by atoms with E-state index in [1.807, 2.05) is 30.5 Å². The molecule has 1 amide bonds. The number of halogens is 1. The van der Waals surface area contributed by atoms with Crippen molar-refractivity contribution >= 4 is 39.7 Å². The number of carbonyl (C=O) groups is 2. The summed E-state index contributed by atoms with van der Waals surface area (Å²) in [6, 6.07) is 15.2. The number of rotatable bonds is 4. The van der Waals surface area contributed by atoms with E-state index >= 15 is 0 Å². The Bertz CT molecular complexity index is 1350. The van der Waals surface area contributed by atoms with Crippen LogP contribution in [0, 0.1) is 12.7 Å². The molecule has 31 heavy (non-hydrogen) atoms. The highest BCUT2D eigenvalue weighted by Gasteiger charge is 2.46. The van der Waals surface area contributed by atoms with Crippen LogP contribution in [0.25, 0.3) is 11.0 Å². The van der Waals surface area contributed by atoms with Crippen LogP contribution in [0.5, 0.6) is 0 Å². The summed E-state index contributed by atoms with van der Waals surface area (Å²) in [6.45, 7) is 1.86. The van der Waals surface area contributed by atoms with Crippen LogP contribution in [-0.2, 0) is 4.79 Å². The number of furan rings is 1. The standard InChI is InChI=1S/C24H16FNO4S/c1-13-9-10-31-23(13)20-19(21(27)18-11-14-5-2-3-8-17(14)30-18)22(28)24(29)26(20)16-7-4-6-15(25)12-16/h2-12,20,28H,1H3. The van der Waals surface area contributed by atoms with Crippen LogP contribution in [0.4, 0.5) is 10.1 Å². The van der Waals surface area contributed by atoms with E-state index in [4.69, 9.17) is 4.42 Å². The highest BCUT2D eigenvalue weighted by Crippen LogP contribution is 2.45. The second kappa shape index (κ2) is 7.21. The van der Waals surface area contributed by atoms with Crippen molar-refractivity contribution in [2.75, 3.05) is 4.90 Å². The number of amides is 1. The van der Waals surface area contributed by atoms with Gasteiger partial charge in [0, 0.05) is 16.0 Å². The van der Waals surface area contributed by atoms with E-state index < -0.39 is 29.3 Å². The van der Waals surface area contributed by atoms with Gasteiger partial charge in [-0.15, -0.1) is 11.3 Å². The van der Waals surface area contributed by atoms with Gasteiger partial charge in [0.15, 0.2) is 11.5 Å². The average molecular weight is 433 g/mol. The smallest absolute Gasteiger partial charge is 0.294 e. The summed E-state index contributed by atoms with van der Waals surface area (Å²) in [4.78, 5) is 28.5. The number of aliphatic hydroxyl groups excluding tert-OH is 1. The fourth-order valence-electron chi connectivity index (χ4n) is 3.87. The molecule has 0 radical (unpaired) electrons. The molecule has 1 aliphatic heterocycles. The number of thiophene rings is 1. The SMILES string of the molecule is Cc1ccsc1C1C(C(=O)c2cc3ccccc3o2)=C(O)C(=O)N1c1cccc(F)c1. The van der Waals surface area contributed by atoms with E-state index in [9.17, 15) is 19.1 Å². The van der Waals surface area contributed by atoms with E-state index in [1.165, 1.54) is 34.4 Å². The third kappa shape index (κ3) is 3.05. The van der Waals surface area contributed by atoms with Gasteiger partial charge in [-0.2, -0.15) is 0 Å². The first-order chi connectivity index (χ1) is 15.0. The number of aryl methyl sites for hydroxylation is 1. The number of Topliss-reactive ketones (excluding diaryl/α,β-unsaturated/α-hetero) is 1. The Morgan fingerprint density at radius 1 is 1.13 bits per heavy atom. The maximum atomic E-state index is 13.9. The Morgan fingerprint density at radius 3 is 2.65 bits per heavy atom. The molecule has 2 aromatic carbocycles. The predicted molar refractivity (Wildman–Crippen MR) is 116 cm³/mol. The molecule has 0 bridgehead atoms. The maximum absolute atomic E-state index is 13.9. The third-order valence-corrected chi connectivity index (χ3v) is 6.41. The summed E-state index contributed by atoms with van der Waals surface area (Å²) in [6.07, 6.45) is 0. The predicted octanol–water partition coefficient (Wildman–Crippen LogP) is 5.72. The van der Waals surface area contributed by atoms with Gasteiger partial charge < -0.3 is 9.52 Å². The van der Waals surface area contributed by atoms with Gasteiger partial charge in [0.1, 0.15) is 17.4 Å². The Hall–Kier alpha value is -3.71. The highest BCUT2D eigenvalue weighted by atomic mass is 32.1. The molecule has 5 rings (SSSR count). The van der Waals surface area contributed by atoms with Crippen LogP contribution in [0.1, 0.15) is 27.0 Å². The van der Waals surface area contributed by atoms with Crippen molar-refractivity contribution in [2.45, 2.75) is 13.0 Å². The monoisotopic (exact) mass is 433 g/mol. The minimum absolute atomic E-state index is 0.0239. The molecule has 2 aromatic heterocycles. The normalized spacial score (nSPS) is 16.5. The lowest BCUT2D eigenvalue weighted by Crippen LogP contribution is -2.31. The first-order valence-electron chi connectivity index (χ1n) is 9.55. The van der Waals surface area contributed by atoms with Crippen molar-refractivity contribution in [3.05, 3.63) is 99.4 Å². The van der Waals surface area contributed by atoms with Crippen LogP contribution < -0.4 is 4.90 Å². The molecule has 0 spiro atoms. The van der Waals surface area contributed by atoms with Crippen LogP contribution in [0.2, 0.25) is 0 Å². The lowest BCUT2D eigenvalue weighted by Gasteiger charge is -2.26. The highest BCUT2D eigenvalue weighted by molar-refractivity contribution is 7.10. The molecule has 3 heterocycles. The van der Waals surface area contributed by atoms with E-state index in [0.717, 1.165) is 10.9 Å². The number of nitrogens with zero attached hydrogens (tertiary/aromatic N) is 1. The van der Waals surface area contributed by atoms with Crippen molar-refractivity contribution < 1.29 is 23.5 Å². The third-order valence-electron chi connectivity index (χ3n) is 5.34. The largest absolute Gasteiger partial charge is 0.503 e. The second-order valence-corrected chi connectivity index (χ2v) is 8.21. The number of hydrogen-bond donors (Lipinski definition) is 1. The van der Waals surface area contributed by atoms with Gasteiger partial charge in [0.2, 0.25) is 5.78 Å². The van der Waals surface area contributed by atoms with Crippen molar-refractivity contribution in [1.82, 2.24) is 0 Å². The van der Waals surface area contributed by atoms with E-state index in [0.29, 0.717) is 10.5 Å². The number of fused-ring (bicyclic) bond motifs is 1. The lowest BCUT2D eigenvalue weighted by molar-refractivity contribution is -0.117. The number of para-hydroxylation sites is 1. The number of anilines is 1. The van der Waals surface area contributed by atoms with E-state index in [2.05, 4.69) is 0 Å². The zero-order valence-electron chi connectivity index (χ0n) is 16.3. The van der Waals surface area contributed by atoms with Crippen molar-refractivity contribution in [3.63, 3.8) is 0 Å². The number of hydrogen-bond acceptors (Lipinski definition) is 5. The fraction of sp³-hybridized carbons (Fsp3) is 0.0833. The van der Waals surface area contributed by atoms with Gasteiger partial charge in [0.25, 0.3) is 5.91 Å². The van der Waals surface area contributed by atoms with Gasteiger partial charge in [-0.05, 0) is 54.3 Å². The summed E-state index contributed by atoms with van der Waals surface area (Å²) < 4.78 is 19.6. The summed E-state index contributed by atoms with van der Waals surface area (Å²) >= 11 is 1.36. The molecule has 1 unspecified atom stereocenters. The van der Waals surface area contributed by atoms with Crippen LogP contribution in [0.15, 0.2) is 81.8 Å². The fourth-order valence-corrected chi connectivity index (χ4v) is 4.89. The summed E-state index contributed by atoms with van der Waals surface area (Å²) in [7, 11) is 0. The zero-order chi connectivity index (χ0) is 21.7. The van der Waals surface area contributed by atoms with Crippen LogP contribution >= 0.6 is 11.3 Å². The van der Waals surface area contributed by atoms with Gasteiger partial charge in [-0.1, -0.05) is 24.3 Å². The second-order valence-electron chi connectivity index (χ2n) is 7.27. The average Bonchev–Trinajstić information content (AvgIpc) is 3.44. The molecule has 0 fully saturated rings. The van der Waals surface area contributed by atoms with Gasteiger partial charge in [-0.3, -0.25) is 14.5 Å². The number of benzene rings is 2. The van der Waals surface area contributed by atoms with Gasteiger partial charge in [-0.25, -0.2) is 4.39 Å². The molecular weight excluding hydrogens is 417 g/mol. The maximum Gasteiger partial charge on any atom is 0.294 e. The van der Waals surface area contributed by atoms with E-state index in [1.54, 1.807) is 24.3 Å². The Balaban J connectivity index is 1.68. The van der Waals surface area contributed by atoms with Crippen molar-refractivity contribution in [2.24, 2.45) is 0 Å². The molecule has 1 atom stereocenters. The molecule has 0 aliphatic carbocycles. The van der Waals surface area contributed by atoms with Crippen molar-refractivity contribution in [1.29, 1.82) is 0 Å². The lowest BCUT2D eigenvalue weighted by atomic mass is 9.98. The molecule has 5 nitrogen and oxygen atoms in total. The minimum atomic E-state index is -0.894. The Morgan fingerprint density at radius 2 is 1.94 bits per heavy atom.